The maximum Gasteiger partial charge on any atom is 0.253 e. The summed E-state index contributed by atoms with van der Waals surface area (Å²) in [7, 11) is -1.38. The third-order valence-corrected chi connectivity index (χ3v) is 7.68. The topological polar surface area (TPSA) is 26.3 Å². The predicted octanol–water partition coefficient (Wildman–Crippen LogP) is 10.2. The highest BCUT2D eigenvalue weighted by Crippen LogP contribution is 2.48. The lowest BCUT2D eigenvalue weighted by Crippen LogP contribution is -1.89. The standard InChI is InChI=1S/C30H27O2P/c1-6-21-13-16-26-29(23(21)7-2)30-25-11-9-8-10-22(25)14-17-27(30)32-33(31-26)28-18-20(5)12-15-24(28)19(3)4/h6-19H,1-2H2,3-5H3. The summed E-state index contributed by atoms with van der Waals surface area (Å²) < 4.78 is 13.5. The Morgan fingerprint density at radius 3 is 2.27 bits per heavy atom. The molecule has 5 aromatic rings. The molecule has 164 valence electrons. The summed E-state index contributed by atoms with van der Waals surface area (Å²) in [6.07, 6.45) is 3.76. The van der Waals surface area contributed by atoms with Crippen molar-refractivity contribution in [1.82, 2.24) is 0 Å². The van der Waals surface area contributed by atoms with Crippen molar-refractivity contribution in [3.8, 4) is 5.30 Å². The summed E-state index contributed by atoms with van der Waals surface area (Å²) in [6, 6.07) is 23.3. The minimum atomic E-state index is -1.38. The normalized spacial score (nSPS) is 11.9. The van der Waals surface area contributed by atoms with Crippen LogP contribution in [0.25, 0.3) is 50.2 Å². The van der Waals surface area contributed by atoms with Crippen molar-refractivity contribution in [3.05, 3.63) is 102 Å². The van der Waals surface area contributed by atoms with Crippen molar-refractivity contribution in [2.45, 2.75) is 26.7 Å². The van der Waals surface area contributed by atoms with Gasteiger partial charge in [0.15, 0.2) is 0 Å². The zero-order valence-corrected chi connectivity index (χ0v) is 20.2. The number of rotatable bonds is 4. The van der Waals surface area contributed by atoms with Crippen molar-refractivity contribution in [2.24, 2.45) is 0 Å². The molecule has 1 heterocycles. The summed E-state index contributed by atoms with van der Waals surface area (Å²) in [5.41, 5.74) is 6.13. The van der Waals surface area contributed by atoms with Crippen molar-refractivity contribution < 1.29 is 8.39 Å². The second kappa shape index (κ2) is 8.46. The SMILES string of the molecule is C=Cc1ccc2op(-c3cc(C)ccc3C(C)C)oc3ccc4ccccc4c3c2c1C=C. The van der Waals surface area contributed by atoms with E-state index in [0.29, 0.717) is 5.92 Å². The summed E-state index contributed by atoms with van der Waals surface area (Å²) in [5, 5.41) is 5.48. The molecule has 0 N–H and O–H groups in total. The van der Waals surface area contributed by atoms with Gasteiger partial charge in [-0.15, -0.1) is 0 Å². The van der Waals surface area contributed by atoms with Gasteiger partial charge in [-0.05, 0) is 64.1 Å². The van der Waals surface area contributed by atoms with Gasteiger partial charge in [-0.25, -0.2) is 0 Å². The van der Waals surface area contributed by atoms with E-state index in [4.69, 9.17) is 8.39 Å². The van der Waals surface area contributed by atoms with E-state index < -0.39 is 8.01 Å². The summed E-state index contributed by atoms with van der Waals surface area (Å²) in [4.78, 5) is 0. The van der Waals surface area contributed by atoms with Gasteiger partial charge >= 0.3 is 0 Å². The molecule has 0 aliphatic heterocycles. The molecule has 4 aromatic carbocycles. The molecule has 33 heavy (non-hydrogen) atoms. The second-order valence-corrected chi connectivity index (χ2v) is 10.0. The van der Waals surface area contributed by atoms with Gasteiger partial charge in [0, 0.05) is 10.8 Å². The minimum absolute atomic E-state index is 0.362. The van der Waals surface area contributed by atoms with E-state index >= 15 is 0 Å². The number of hydrogen-bond acceptors (Lipinski definition) is 2. The molecule has 3 heteroatoms. The highest BCUT2D eigenvalue weighted by molar-refractivity contribution is 7.45. The summed E-state index contributed by atoms with van der Waals surface area (Å²) in [6.45, 7) is 14.7. The zero-order valence-electron chi connectivity index (χ0n) is 19.3. The first-order valence-electron chi connectivity index (χ1n) is 11.2. The number of fused-ring (bicyclic) bond motifs is 5. The maximum atomic E-state index is 6.73. The third-order valence-electron chi connectivity index (χ3n) is 6.17. The molecule has 5 rings (SSSR count). The maximum absolute atomic E-state index is 6.73. The average Bonchev–Trinajstić information content (AvgIpc) is 3.00. The minimum Gasteiger partial charge on any atom is -0.416 e. The van der Waals surface area contributed by atoms with Gasteiger partial charge in [-0.2, -0.15) is 0 Å². The molecule has 0 saturated heterocycles. The fourth-order valence-electron chi connectivity index (χ4n) is 4.53. The first-order chi connectivity index (χ1) is 16.0. The van der Waals surface area contributed by atoms with Gasteiger partial charge in [-0.1, -0.05) is 87.7 Å². The molecule has 0 amide bonds. The van der Waals surface area contributed by atoms with Crippen LogP contribution in [0.2, 0.25) is 0 Å². The Balaban J connectivity index is 2.06. The smallest absolute Gasteiger partial charge is 0.253 e. The molecule has 1 unspecified atom stereocenters. The molecular weight excluding hydrogens is 423 g/mol. The van der Waals surface area contributed by atoms with E-state index in [0.717, 1.165) is 49.1 Å². The van der Waals surface area contributed by atoms with Gasteiger partial charge in [0.05, 0.1) is 5.30 Å². The molecule has 0 bridgehead atoms. The zero-order chi connectivity index (χ0) is 23.1. The Morgan fingerprint density at radius 2 is 1.55 bits per heavy atom. The van der Waals surface area contributed by atoms with Crippen LogP contribution in [0.1, 0.15) is 42.0 Å². The Kier molecular flexibility index (Phi) is 5.48. The van der Waals surface area contributed by atoms with E-state index in [-0.39, 0.29) is 0 Å². The van der Waals surface area contributed by atoms with Crippen LogP contribution in [0.3, 0.4) is 0 Å². The molecule has 1 aromatic heterocycles. The van der Waals surface area contributed by atoms with Crippen molar-refractivity contribution in [3.63, 3.8) is 0 Å². The van der Waals surface area contributed by atoms with E-state index in [9.17, 15) is 0 Å². The van der Waals surface area contributed by atoms with E-state index in [1.807, 2.05) is 24.3 Å². The largest absolute Gasteiger partial charge is 0.416 e. The Labute approximate surface area is 195 Å². The molecule has 0 radical (unpaired) electrons. The van der Waals surface area contributed by atoms with Crippen LogP contribution in [0.5, 0.6) is 0 Å². The van der Waals surface area contributed by atoms with Crippen LogP contribution < -0.4 is 0 Å². The van der Waals surface area contributed by atoms with E-state index in [1.54, 1.807) is 0 Å². The average molecular weight is 451 g/mol. The van der Waals surface area contributed by atoms with Gasteiger partial charge in [0.1, 0.15) is 11.2 Å². The van der Waals surface area contributed by atoms with E-state index in [1.165, 1.54) is 11.1 Å². The number of benzene rings is 4. The van der Waals surface area contributed by atoms with Crippen LogP contribution in [0.4, 0.5) is 0 Å². The molecule has 0 aliphatic rings. The summed E-state index contributed by atoms with van der Waals surface area (Å²) >= 11 is 0. The lowest BCUT2D eigenvalue weighted by atomic mass is 9.96. The van der Waals surface area contributed by atoms with E-state index in [2.05, 4.69) is 88.5 Å². The van der Waals surface area contributed by atoms with Crippen molar-refractivity contribution in [2.75, 3.05) is 0 Å². The first kappa shape index (κ1) is 21.4. The molecule has 0 spiro atoms. The second-order valence-electron chi connectivity index (χ2n) is 8.67. The Morgan fingerprint density at radius 1 is 0.818 bits per heavy atom. The fraction of sp³-hybridized carbons (Fsp3) is 0.133. The van der Waals surface area contributed by atoms with Crippen LogP contribution >= 0.6 is 8.01 Å². The van der Waals surface area contributed by atoms with Gasteiger partial charge in [0.2, 0.25) is 0 Å². The summed E-state index contributed by atoms with van der Waals surface area (Å²) in [5.74, 6) is 0.362. The van der Waals surface area contributed by atoms with Gasteiger partial charge in [-0.3, -0.25) is 0 Å². The fourth-order valence-corrected chi connectivity index (χ4v) is 6.28. The Bertz CT molecular complexity index is 1590. The lowest BCUT2D eigenvalue weighted by Gasteiger charge is -2.11. The van der Waals surface area contributed by atoms with Gasteiger partial charge in [0.25, 0.3) is 8.01 Å². The monoisotopic (exact) mass is 450 g/mol. The predicted molar refractivity (Wildman–Crippen MR) is 144 cm³/mol. The van der Waals surface area contributed by atoms with Crippen molar-refractivity contribution in [1.29, 1.82) is 0 Å². The van der Waals surface area contributed by atoms with Crippen LogP contribution in [-0.2, 0) is 0 Å². The molecule has 0 saturated carbocycles. The van der Waals surface area contributed by atoms with Crippen LogP contribution in [-0.4, -0.2) is 0 Å². The lowest BCUT2D eigenvalue weighted by molar-refractivity contribution is 0.650. The van der Waals surface area contributed by atoms with Crippen LogP contribution in [0, 0.1) is 6.92 Å². The molecule has 0 aliphatic carbocycles. The molecule has 0 fully saturated rings. The quantitative estimate of drug-likeness (QED) is 0.272. The Hall–Kier alpha value is -3.48. The van der Waals surface area contributed by atoms with Crippen LogP contribution in [0.15, 0.2) is 88.3 Å². The third kappa shape index (κ3) is 3.61. The molecule has 2 nitrogen and oxygen atoms in total. The van der Waals surface area contributed by atoms with Gasteiger partial charge < -0.3 is 8.39 Å². The molecule has 1 atom stereocenters. The number of hydrogen-bond donors (Lipinski definition) is 0. The molecular formula is C30H27O2P. The highest BCUT2D eigenvalue weighted by atomic mass is 31.1. The van der Waals surface area contributed by atoms with Crippen molar-refractivity contribution >= 4 is 52.9 Å². The highest BCUT2D eigenvalue weighted by Gasteiger charge is 2.17. The first-order valence-corrected chi connectivity index (χ1v) is 12.4. The number of aryl methyl sites for hydroxylation is 1.